The lowest BCUT2D eigenvalue weighted by atomic mass is 10.1. The molecule has 1 unspecified atom stereocenters. The SMILES string of the molecule is CCCCc1ccc(S(=O)(=O)N2CCN(C(C)c3nc(Nc4cccc(OC)c4)c4ccccc4n3)CC2)cc1. The van der Waals surface area contributed by atoms with E-state index in [1.54, 1.807) is 23.5 Å². The molecule has 40 heavy (non-hydrogen) atoms. The molecule has 2 heterocycles. The average Bonchev–Trinajstić information content (AvgIpc) is 3.00. The van der Waals surface area contributed by atoms with Crippen molar-refractivity contribution in [1.29, 1.82) is 0 Å². The second kappa shape index (κ2) is 12.3. The molecule has 1 aromatic heterocycles. The van der Waals surface area contributed by atoms with Crippen molar-refractivity contribution < 1.29 is 13.2 Å². The van der Waals surface area contributed by atoms with Crippen LogP contribution in [-0.2, 0) is 16.4 Å². The summed E-state index contributed by atoms with van der Waals surface area (Å²) in [5.41, 5.74) is 2.91. The molecule has 0 amide bonds. The van der Waals surface area contributed by atoms with E-state index in [0.717, 1.165) is 47.4 Å². The Bertz CT molecular complexity index is 1550. The lowest BCUT2D eigenvalue weighted by Gasteiger charge is -2.37. The van der Waals surface area contributed by atoms with E-state index in [0.29, 0.717) is 36.9 Å². The molecule has 3 aromatic carbocycles. The normalized spacial score (nSPS) is 15.7. The molecule has 1 aliphatic heterocycles. The van der Waals surface area contributed by atoms with Gasteiger partial charge in [0.15, 0.2) is 0 Å². The van der Waals surface area contributed by atoms with Gasteiger partial charge in [-0.3, -0.25) is 4.90 Å². The third-order valence-electron chi connectivity index (χ3n) is 7.53. The first kappa shape index (κ1) is 28.0. The first-order valence-corrected chi connectivity index (χ1v) is 15.3. The number of hydrogen-bond donors (Lipinski definition) is 1. The predicted octanol–water partition coefficient (Wildman–Crippen LogP) is 5.79. The molecule has 8 nitrogen and oxygen atoms in total. The Balaban J connectivity index is 1.31. The van der Waals surface area contributed by atoms with Crippen molar-refractivity contribution >= 4 is 32.4 Å². The van der Waals surface area contributed by atoms with Crippen LogP contribution in [0.2, 0.25) is 0 Å². The summed E-state index contributed by atoms with van der Waals surface area (Å²) in [4.78, 5) is 12.4. The minimum absolute atomic E-state index is 0.0850. The molecule has 1 saturated heterocycles. The Morgan fingerprint density at radius 1 is 0.950 bits per heavy atom. The molecule has 210 valence electrons. The molecule has 0 radical (unpaired) electrons. The Morgan fingerprint density at radius 2 is 1.70 bits per heavy atom. The third-order valence-corrected chi connectivity index (χ3v) is 9.44. The fourth-order valence-corrected chi connectivity index (χ4v) is 6.49. The van der Waals surface area contributed by atoms with E-state index in [2.05, 4.69) is 24.1 Å². The van der Waals surface area contributed by atoms with Gasteiger partial charge in [0.25, 0.3) is 0 Å². The van der Waals surface area contributed by atoms with Gasteiger partial charge in [0, 0.05) is 43.3 Å². The van der Waals surface area contributed by atoms with E-state index in [1.165, 1.54) is 5.56 Å². The smallest absolute Gasteiger partial charge is 0.243 e. The van der Waals surface area contributed by atoms with Crippen LogP contribution >= 0.6 is 0 Å². The van der Waals surface area contributed by atoms with Crippen molar-refractivity contribution in [2.75, 3.05) is 38.6 Å². The van der Waals surface area contributed by atoms with Crippen LogP contribution in [-0.4, -0.2) is 60.9 Å². The molecule has 1 fully saturated rings. The van der Waals surface area contributed by atoms with Gasteiger partial charge in [-0.2, -0.15) is 4.31 Å². The molecular weight excluding hydrogens is 522 g/mol. The molecule has 0 bridgehead atoms. The standard InChI is InChI=1S/C31H37N5O3S/c1-4-5-9-24-14-16-27(17-15-24)40(37,38)36-20-18-35(19-21-36)23(2)30-33-29-13-7-6-12-28(29)31(34-30)32-25-10-8-11-26(22-25)39-3/h6-8,10-17,22-23H,4-5,9,18-21H2,1-3H3,(H,32,33,34). The van der Waals surface area contributed by atoms with Crippen LogP contribution in [0.15, 0.2) is 77.7 Å². The molecule has 1 N–H and O–H groups in total. The maximum atomic E-state index is 13.3. The Kier molecular flexibility index (Phi) is 8.63. The lowest BCUT2D eigenvalue weighted by molar-refractivity contribution is 0.141. The number of aryl methyl sites for hydroxylation is 1. The van der Waals surface area contributed by atoms with Crippen LogP contribution in [0.5, 0.6) is 5.75 Å². The van der Waals surface area contributed by atoms with E-state index < -0.39 is 10.0 Å². The number of anilines is 2. The van der Waals surface area contributed by atoms with Gasteiger partial charge < -0.3 is 10.1 Å². The van der Waals surface area contributed by atoms with Crippen LogP contribution in [0.3, 0.4) is 0 Å². The summed E-state index contributed by atoms with van der Waals surface area (Å²) >= 11 is 0. The second-order valence-corrected chi connectivity index (χ2v) is 12.1. The van der Waals surface area contributed by atoms with Gasteiger partial charge in [-0.05, 0) is 61.7 Å². The van der Waals surface area contributed by atoms with E-state index in [-0.39, 0.29) is 6.04 Å². The van der Waals surface area contributed by atoms with Gasteiger partial charge in [0.1, 0.15) is 17.4 Å². The first-order chi connectivity index (χ1) is 19.4. The maximum Gasteiger partial charge on any atom is 0.243 e. The fourth-order valence-electron chi connectivity index (χ4n) is 5.07. The zero-order chi connectivity index (χ0) is 28.1. The van der Waals surface area contributed by atoms with Crippen molar-refractivity contribution in [2.24, 2.45) is 0 Å². The topological polar surface area (TPSA) is 87.7 Å². The number of nitrogens with one attached hydrogen (secondary N) is 1. The molecule has 0 aliphatic carbocycles. The highest BCUT2D eigenvalue weighted by molar-refractivity contribution is 7.89. The van der Waals surface area contributed by atoms with Crippen LogP contribution in [0.1, 0.15) is 44.1 Å². The third kappa shape index (κ3) is 6.11. The van der Waals surface area contributed by atoms with E-state index in [4.69, 9.17) is 14.7 Å². The number of methoxy groups -OCH3 is 1. The Morgan fingerprint density at radius 3 is 2.42 bits per heavy atom. The predicted molar refractivity (Wildman–Crippen MR) is 160 cm³/mol. The number of unbranched alkanes of at least 4 members (excludes halogenated alkanes) is 1. The number of nitrogens with zero attached hydrogens (tertiary/aromatic N) is 4. The van der Waals surface area contributed by atoms with Crippen molar-refractivity contribution in [2.45, 2.75) is 44.0 Å². The average molecular weight is 560 g/mol. The summed E-state index contributed by atoms with van der Waals surface area (Å²) in [5.74, 6) is 2.18. The highest BCUT2D eigenvalue weighted by Gasteiger charge is 2.31. The molecule has 0 spiro atoms. The Hall–Kier alpha value is -3.53. The number of rotatable bonds is 10. The van der Waals surface area contributed by atoms with Crippen molar-refractivity contribution in [3.05, 3.63) is 84.2 Å². The summed E-state index contributed by atoms with van der Waals surface area (Å²) in [6, 6.07) is 23.0. The summed E-state index contributed by atoms with van der Waals surface area (Å²) in [7, 11) is -1.89. The Labute approximate surface area is 237 Å². The van der Waals surface area contributed by atoms with E-state index in [1.807, 2.05) is 60.7 Å². The maximum absolute atomic E-state index is 13.3. The van der Waals surface area contributed by atoms with Gasteiger partial charge in [-0.15, -0.1) is 0 Å². The molecule has 0 saturated carbocycles. The number of ether oxygens (including phenoxy) is 1. The first-order valence-electron chi connectivity index (χ1n) is 13.9. The number of fused-ring (bicyclic) bond motifs is 1. The van der Waals surface area contributed by atoms with Gasteiger partial charge >= 0.3 is 0 Å². The van der Waals surface area contributed by atoms with E-state index >= 15 is 0 Å². The van der Waals surface area contributed by atoms with Crippen LogP contribution in [0, 0.1) is 0 Å². The number of aromatic nitrogens is 2. The summed E-state index contributed by atoms with van der Waals surface area (Å²) in [6.45, 7) is 6.29. The minimum atomic E-state index is -3.53. The summed E-state index contributed by atoms with van der Waals surface area (Å²) < 4.78 is 33.6. The molecule has 1 atom stereocenters. The summed E-state index contributed by atoms with van der Waals surface area (Å²) in [6.07, 6.45) is 3.19. The van der Waals surface area contributed by atoms with Gasteiger partial charge in [-0.25, -0.2) is 18.4 Å². The van der Waals surface area contributed by atoms with Crippen molar-refractivity contribution in [3.8, 4) is 5.75 Å². The van der Waals surface area contributed by atoms with Crippen LogP contribution < -0.4 is 10.1 Å². The lowest BCUT2D eigenvalue weighted by Crippen LogP contribution is -2.49. The molecule has 4 aromatic rings. The van der Waals surface area contributed by atoms with Gasteiger partial charge in [-0.1, -0.05) is 43.7 Å². The number of sulfonamides is 1. The molecule has 9 heteroatoms. The molecule has 1 aliphatic rings. The minimum Gasteiger partial charge on any atom is -0.497 e. The highest BCUT2D eigenvalue weighted by Crippen LogP contribution is 2.29. The number of benzene rings is 3. The number of piperazine rings is 1. The monoisotopic (exact) mass is 559 g/mol. The van der Waals surface area contributed by atoms with Crippen molar-refractivity contribution in [1.82, 2.24) is 19.2 Å². The fraction of sp³-hybridized carbons (Fsp3) is 0.355. The van der Waals surface area contributed by atoms with Crippen LogP contribution in [0.25, 0.3) is 10.9 Å². The largest absolute Gasteiger partial charge is 0.497 e. The van der Waals surface area contributed by atoms with E-state index in [9.17, 15) is 8.42 Å². The van der Waals surface area contributed by atoms with Crippen molar-refractivity contribution in [3.63, 3.8) is 0 Å². The highest BCUT2D eigenvalue weighted by atomic mass is 32.2. The number of para-hydroxylation sites is 1. The van der Waals surface area contributed by atoms with Gasteiger partial charge in [0.05, 0.1) is 23.6 Å². The zero-order valence-electron chi connectivity index (χ0n) is 23.4. The molecular formula is C31H37N5O3S. The quantitative estimate of drug-likeness (QED) is 0.263. The second-order valence-electron chi connectivity index (χ2n) is 10.2. The van der Waals surface area contributed by atoms with Crippen LogP contribution in [0.4, 0.5) is 11.5 Å². The number of hydrogen-bond acceptors (Lipinski definition) is 7. The molecule has 5 rings (SSSR count). The van der Waals surface area contributed by atoms with Gasteiger partial charge in [0.2, 0.25) is 10.0 Å². The zero-order valence-corrected chi connectivity index (χ0v) is 24.2. The summed E-state index contributed by atoms with van der Waals surface area (Å²) in [5, 5.41) is 4.37.